The molecule has 0 bridgehead atoms. The number of piperidine rings is 1. The zero-order valence-electron chi connectivity index (χ0n) is 12.7. The van der Waals surface area contributed by atoms with E-state index in [9.17, 15) is 5.11 Å². The van der Waals surface area contributed by atoms with Crippen LogP contribution in [0.25, 0.3) is 0 Å². The highest BCUT2D eigenvalue weighted by atomic mass is 16.5. The van der Waals surface area contributed by atoms with Gasteiger partial charge in [-0.25, -0.2) is 0 Å². The lowest BCUT2D eigenvalue weighted by Crippen LogP contribution is -2.47. The lowest BCUT2D eigenvalue weighted by Gasteiger charge is -2.38. The molecule has 1 saturated heterocycles. The molecule has 3 nitrogen and oxygen atoms in total. The minimum atomic E-state index is 0.240. The number of ether oxygens (including phenoxy) is 1. The summed E-state index contributed by atoms with van der Waals surface area (Å²) in [7, 11) is 1.77. The molecule has 1 aliphatic rings. The van der Waals surface area contributed by atoms with Crippen molar-refractivity contribution in [3.63, 3.8) is 0 Å². The second-order valence-electron chi connectivity index (χ2n) is 5.84. The first-order valence-corrected chi connectivity index (χ1v) is 7.66. The summed E-state index contributed by atoms with van der Waals surface area (Å²) in [6.45, 7) is 4.47. The lowest BCUT2D eigenvalue weighted by molar-refractivity contribution is -0.00651. The smallest absolute Gasteiger partial charge is 0.0599 e. The highest BCUT2D eigenvalue weighted by Gasteiger charge is 2.27. The number of nitrogens with zero attached hydrogens (tertiary/aromatic N) is 1. The van der Waals surface area contributed by atoms with Crippen LogP contribution >= 0.6 is 0 Å². The zero-order chi connectivity index (χ0) is 14.4. The second-order valence-corrected chi connectivity index (χ2v) is 5.84. The monoisotopic (exact) mass is 277 g/mol. The average molecular weight is 277 g/mol. The largest absolute Gasteiger partial charge is 0.395 e. The molecule has 1 heterocycles. The van der Waals surface area contributed by atoms with Gasteiger partial charge in [-0.3, -0.25) is 4.90 Å². The molecule has 1 aliphatic heterocycles. The third-order valence-corrected chi connectivity index (χ3v) is 4.37. The summed E-state index contributed by atoms with van der Waals surface area (Å²) in [4.78, 5) is 2.42. The lowest BCUT2D eigenvalue weighted by atomic mass is 9.99. The second kappa shape index (κ2) is 7.77. The Hall–Kier alpha value is -0.900. The first-order valence-electron chi connectivity index (χ1n) is 7.66. The maximum atomic E-state index is 9.52. The van der Waals surface area contributed by atoms with Crippen LogP contribution in [0.3, 0.4) is 0 Å². The minimum absolute atomic E-state index is 0.240. The van der Waals surface area contributed by atoms with Crippen molar-refractivity contribution in [1.82, 2.24) is 4.90 Å². The number of aliphatic hydroxyl groups is 1. The van der Waals surface area contributed by atoms with Gasteiger partial charge >= 0.3 is 0 Å². The van der Waals surface area contributed by atoms with Crippen LogP contribution in [-0.4, -0.2) is 49.0 Å². The summed E-state index contributed by atoms with van der Waals surface area (Å²) < 4.78 is 5.42. The Morgan fingerprint density at radius 3 is 2.70 bits per heavy atom. The number of benzene rings is 1. The molecule has 20 heavy (non-hydrogen) atoms. The van der Waals surface area contributed by atoms with Gasteiger partial charge in [-0.05, 0) is 44.7 Å². The molecule has 0 aliphatic carbocycles. The molecule has 1 aromatic rings. The normalized spacial score (nSPS) is 23.9. The van der Waals surface area contributed by atoms with Crippen molar-refractivity contribution >= 4 is 0 Å². The molecule has 1 N–H and O–H groups in total. The Bertz CT molecular complexity index is 390. The van der Waals surface area contributed by atoms with E-state index in [1.807, 2.05) is 0 Å². The fourth-order valence-corrected chi connectivity index (χ4v) is 3.00. The molecule has 1 aromatic carbocycles. The van der Waals surface area contributed by atoms with E-state index in [2.05, 4.69) is 36.1 Å². The van der Waals surface area contributed by atoms with Gasteiger partial charge in [0.2, 0.25) is 0 Å². The molecule has 0 amide bonds. The highest BCUT2D eigenvalue weighted by Crippen LogP contribution is 2.20. The van der Waals surface area contributed by atoms with Gasteiger partial charge in [0.1, 0.15) is 0 Å². The quantitative estimate of drug-likeness (QED) is 0.866. The van der Waals surface area contributed by atoms with Crippen LogP contribution < -0.4 is 0 Å². The minimum Gasteiger partial charge on any atom is -0.395 e. The highest BCUT2D eigenvalue weighted by molar-refractivity contribution is 5.21. The van der Waals surface area contributed by atoms with Crippen LogP contribution in [0.5, 0.6) is 0 Å². The average Bonchev–Trinajstić information content (AvgIpc) is 2.49. The third kappa shape index (κ3) is 4.30. The van der Waals surface area contributed by atoms with Crippen molar-refractivity contribution in [1.29, 1.82) is 0 Å². The first-order chi connectivity index (χ1) is 9.72. The molecule has 0 spiro atoms. The van der Waals surface area contributed by atoms with Crippen LogP contribution in [0.15, 0.2) is 24.3 Å². The van der Waals surface area contributed by atoms with Crippen LogP contribution in [0.2, 0.25) is 0 Å². The topological polar surface area (TPSA) is 32.7 Å². The van der Waals surface area contributed by atoms with Crippen LogP contribution in [0.1, 0.15) is 30.4 Å². The van der Waals surface area contributed by atoms with Gasteiger partial charge in [-0.1, -0.05) is 29.8 Å². The Balaban J connectivity index is 1.76. The molecule has 2 atom stereocenters. The number of hydrogen-bond donors (Lipinski definition) is 1. The zero-order valence-corrected chi connectivity index (χ0v) is 12.7. The summed E-state index contributed by atoms with van der Waals surface area (Å²) in [6, 6.07) is 9.06. The molecule has 3 heteroatoms. The van der Waals surface area contributed by atoms with Gasteiger partial charge in [-0.2, -0.15) is 0 Å². The summed E-state index contributed by atoms with van der Waals surface area (Å²) in [5.41, 5.74) is 2.72. The molecule has 112 valence electrons. The Morgan fingerprint density at radius 1 is 1.30 bits per heavy atom. The van der Waals surface area contributed by atoms with Crippen molar-refractivity contribution < 1.29 is 9.84 Å². The van der Waals surface area contributed by atoms with Crippen molar-refractivity contribution in [2.45, 2.75) is 44.8 Å². The molecule has 0 aromatic heterocycles. The number of aliphatic hydroxyl groups excluding tert-OH is 1. The van der Waals surface area contributed by atoms with Gasteiger partial charge in [0.15, 0.2) is 0 Å². The van der Waals surface area contributed by atoms with E-state index in [4.69, 9.17) is 4.74 Å². The van der Waals surface area contributed by atoms with Crippen molar-refractivity contribution in [3.05, 3.63) is 35.4 Å². The van der Waals surface area contributed by atoms with E-state index in [0.29, 0.717) is 6.10 Å². The van der Waals surface area contributed by atoms with Crippen LogP contribution in [0.4, 0.5) is 0 Å². The van der Waals surface area contributed by atoms with Gasteiger partial charge in [0.25, 0.3) is 0 Å². The third-order valence-electron chi connectivity index (χ3n) is 4.37. The van der Waals surface area contributed by atoms with E-state index in [-0.39, 0.29) is 12.6 Å². The van der Waals surface area contributed by atoms with Crippen LogP contribution in [-0.2, 0) is 11.2 Å². The molecule has 0 unspecified atom stereocenters. The summed E-state index contributed by atoms with van der Waals surface area (Å²) in [6.07, 6.45) is 4.62. The van der Waals surface area contributed by atoms with Gasteiger partial charge in [-0.15, -0.1) is 0 Å². The molecule has 0 radical (unpaired) electrons. The van der Waals surface area contributed by atoms with Gasteiger partial charge in [0.05, 0.1) is 12.7 Å². The van der Waals surface area contributed by atoms with Crippen LogP contribution in [0, 0.1) is 6.92 Å². The number of hydrogen-bond acceptors (Lipinski definition) is 3. The van der Waals surface area contributed by atoms with Crippen molar-refractivity contribution in [3.8, 4) is 0 Å². The first kappa shape index (κ1) is 15.5. The van der Waals surface area contributed by atoms with E-state index in [1.165, 1.54) is 11.1 Å². The standard InChI is InChI=1S/C17H27NO2/c1-14-5-7-15(8-6-14)4-3-10-18-11-9-17(20-2)12-16(18)13-19/h5-8,16-17,19H,3-4,9-13H2,1-2H3/t16-,17+/m0/s1. The molecular weight excluding hydrogens is 250 g/mol. The van der Waals surface area contributed by atoms with E-state index < -0.39 is 0 Å². The van der Waals surface area contributed by atoms with Gasteiger partial charge in [0, 0.05) is 19.7 Å². The molecule has 1 fully saturated rings. The SMILES string of the molecule is CO[C@@H]1CCN(CCCc2ccc(C)cc2)[C@H](CO)C1. The Kier molecular flexibility index (Phi) is 6.02. The number of methoxy groups -OCH3 is 1. The summed E-state index contributed by atoms with van der Waals surface area (Å²) in [5.74, 6) is 0. The van der Waals surface area contributed by atoms with E-state index in [0.717, 1.165) is 38.8 Å². The predicted molar refractivity (Wildman–Crippen MR) is 82.0 cm³/mol. The van der Waals surface area contributed by atoms with Gasteiger partial charge < -0.3 is 9.84 Å². The summed E-state index contributed by atoms with van der Waals surface area (Å²) >= 11 is 0. The van der Waals surface area contributed by atoms with E-state index in [1.54, 1.807) is 7.11 Å². The number of aryl methyl sites for hydroxylation is 2. The molecular formula is C17H27NO2. The van der Waals surface area contributed by atoms with Crippen molar-refractivity contribution in [2.75, 3.05) is 26.8 Å². The maximum Gasteiger partial charge on any atom is 0.0599 e. The Morgan fingerprint density at radius 2 is 2.05 bits per heavy atom. The summed E-state index contributed by atoms with van der Waals surface area (Å²) in [5, 5.41) is 9.52. The van der Waals surface area contributed by atoms with Crippen molar-refractivity contribution in [2.24, 2.45) is 0 Å². The maximum absolute atomic E-state index is 9.52. The Labute approximate surface area is 122 Å². The molecule has 2 rings (SSSR count). The fourth-order valence-electron chi connectivity index (χ4n) is 3.00. The molecule has 0 saturated carbocycles. The number of rotatable bonds is 6. The predicted octanol–water partition coefficient (Wildman–Crippen LogP) is 2.40. The fraction of sp³-hybridized carbons (Fsp3) is 0.647. The van der Waals surface area contributed by atoms with E-state index >= 15 is 0 Å². The number of likely N-dealkylation sites (tertiary alicyclic amines) is 1.